The first kappa shape index (κ1) is 19.2. The fraction of sp³-hybridized carbons (Fsp3) is 0.316. The second kappa shape index (κ2) is 7.21. The quantitative estimate of drug-likeness (QED) is 0.844. The van der Waals surface area contributed by atoms with E-state index in [0.29, 0.717) is 17.8 Å². The Morgan fingerprint density at radius 2 is 1.74 bits per heavy atom. The summed E-state index contributed by atoms with van der Waals surface area (Å²) in [4.78, 5) is 14.7. The van der Waals surface area contributed by atoms with Crippen LogP contribution in [0.5, 0.6) is 0 Å². The number of hydrogen-bond acceptors (Lipinski definition) is 4. The Labute approximate surface area is 160 Å². The number of rotatable bonds is 4. The van der Waals surface area contributed by atoms with Gasteiger partial charge >= 0.3 is 6.03 Å². The van der Waals surface area contributed by atoms with E-state index >= 15 is 0 Å². The van der Waals surface area contributed by atoms with Crippen molar-refractivity contribution >= 4 is 33.1 Å². The van der Waals surface area contributed by atoms with Crippen molar-refractivity contribution in [2.45, 2.75) is 24.3 Å². The molecule has 0 radical (unpaired) electrons. The van der Waals surface area contributed by atoms with Crippen molar-refractivity contribution in [3.05, 3.63) is 48.0 Å². The van der Waals surface area contributed by atoms with Gasteiger partial charge in [0, 0.05) is 38.6 Å². The van der Waals surface area contributed by atoms with Crippen LogP contribution in [-0.4, -0.2) is 45.9 Å². The first-order valence-electron chi connectivity index (χ1n) is 8.67. The monoisotopic (exact) mass is 388 g/mol. The summed E-state index contributed by atoms with van der Waals surface area (Å²) in [6, 6.07) is 12.0. The van der Waals surface area contributed by atoms with E-state index in [1.54, 1.807) is 23.1 Å². The number of amides is 2. The van der Waals surface area contributed by atoms with Gasteiger partial charge in [-0.15, -0.1) is 0 Å². The Morgan fingerprint density at radius 3 is 2.33 bits per heavy atom. The fourth-order valence-corrected chi connectivity index (χ4v) is 4.09. The van der Waals surface area contributed by atoms with Gasteiger partial charge in [0.2, 0.25) is 10.0 Å². The van der Waals surface area contributed by atoms with E-state index in [2.05, 4.69) is 10.6 Å². The molecule has 0 saturated heterocycles. The minimum atomic E-state index is -3.56. The molecule has 1 atom stereocenters. The van der Waals surface area contributed by atoms with Crippen LogP contribution >= 0.6 is 0 Å². The van der Waals surface area contributed by atoms with Crippen molar-refractivity contribution in [3.8, 4) is 0 Å². The summed E-state index contributed by atoms with van der Waals surface area (Å²) in [6.07, 6.45) is 0.684. The maximum atomic E-state index is 12.9. The Bertz CT molecular complexity index is 955. The summed E-state index contributed by atoms with van der Waals surface area (Å²) in [5.41, 5.74) is 3.22. The molecule has 1 aliphatic heterocycles. The molecular formula is C19H24N4O3S. The third-order valence-corrected chi connectivity index (χ3v) is 6.51. The molecule has 27 heavy (non-hydrogen) atoms. The number of carbonyl (C=O) groups is 1. The third-order valence-electron chi connectivity index (χ3n) is 4.69. The van der Waals surface area contributed by atoms with Crippen molar-refractivity contribution < 1.29 is 13.2 Å². The van der Waals surface area contributed by atoms with Crippen molar-refractivity contribution in [3.63, 3.8) is 0 Å². The van der Waals surface area contributed by atoms with Gasteiger partial charge in [0.1, 0.15) is 0 Å². The van der Waals surface area contributed by atoms with E-state index in [-0.39, 0.29) is 17.0 Å². The zero-order chi connectivity index (χ0) is 19.8. The van der Waals surface area contributed by atoms with Crippen LogP contribution < -0.4 is 15.5 Å². The number of sulfonamides is 1. The molecule has 144 valence electrons. The number of fused-ring (bicyclic) bond motifs is 1. The van der Waals surface area contributed by atoms with Gasteiger partial charge in [-0.1, -0.05) is 6.07 Å². The predicted octanol–water partition coefficient (Wildman–Crippen LogP) is 2.96. The van der Waals surface area contributed by atoms with Crippen molar-refractivity contribution in [1.29, 1.82) is 0 Å². The Hall–Kier alpha value is -2.58. The van der Waals surface area contributed by atoms with Gasteiger partial charge in [-0.3, -0.25) is 4.90 Å². The fourth-order valence-electron chi connectivity index (χ4n) is 3.17. The maximum absolute atomic E-state index is 12.9. The van der Waals surface area contributed by atoms with E-state index in [1.807, 2.05) is 38.2 Å². The summed E-state index contributed by atoms with van der Waals surface area (Å²) in [5, 5.41) is 5.91. The molecule has 0 fully saturated rings. The van der Waals surface area contributed by atoms with Gasteiger partial charge in [-0.25, -0.2) is 17.5 Å². The molecule has 7 nitrogen and oxygen atoms in total. The second-order valence-electron chi connectivity index (χ2n) is 6.76. The minimum absolute atomic E-state index is 0.0612. The summed E-state index contributed by atoms with van der Waals surface area (Å²) < 4.78 is 26.1. The normalized spacial score (nSPS) is 16.3. The lowest BCUT2D eigenvalue weighted by molar-refractivity contribution is 0.256. The lowest BCUT2D eigenvalue weighted by atomic mass is 10.1. The average Bonchev–Trinajstić information content (AvgIpc) is 2.97. The predicted molar refractivity (Wildman–Crippen MR) is 108 cm³/mol. The lowest BCUT2D eigenvalue weighted by Crippen LogP contribution is -2.39. The molecule has 1 unspecified atom stereocenters. The summed E-state index contributed by atoms with van der Waals surface area (Å²) in [7, 11) is 1.25. The highest BCUT2D eigenvalue weighted by molar-refractivity contribution is 7.89. The average molecular weight is 388 g/mol. The number of hydrogen-bond donors (Lipinski definition) is 2. The smallest absolute Gasteiger partial charge is 0.326 e. The summed E-state index contributed by atoms with van der Waals surface area (Å²) in [6.45, 7) is 1.95. The summed E-state index contributed by atoms with van der Waals surface area (Å²) >= 11 is 0. The number of urea groups is 1. The van der Waals surface area contributed by atoms with E-state index < -0.39 is 10.0 Å². The number of nitrogens with zero attached hydrogens (tertiary/aromatic N) is 2. The largest absolute Gasteiger partial charge is 0.388 e. The lowest BCUT2D eigenvalue weighted by Gasteiger charge is -2.24. The van der Waals surface area contributed by atoms with Crippen molar-refractivity contribution in [1.82, 2.24) is 4.31 Å². The van der Waals surface area contributed by atoms with Gasteiger partial charge in [0.05, 0.1) is 10.6 Å². The molecule has 0 aliphatic carbocycles. The molecule has 2 amide bonds. The zero-order valence-electron chi connectivity index (χ0n) is 15.9. The van der Waals surface area contributed by atoms with Crippen LogP contribution in [0.1, 0.15) is 12.5 Å². The standard InChI is InChI=1S/C19H24N4O3S/c1-13-11-14-5-10-17(27(25,26)22(3)4)12-18(14)23(13)19(24)21-16-8-6-15(20-2)7-9-16/h5-10,12-13,20H,11H2,1-4H3,(H,21,24). The van der Waals surface area contributed by atoms with E-state index in [0.717, 1.165) is 11.3 Å². The number of nitrogens with one attached hydrogen (secondary N) is 2. The topological polar surface area (TPSA) is 81.7 Å². The SMILES string of the molecule is CNc1ccc(NC(=O)N2c3cc(S(=O)(=O)N(C)C)ccc3CC2C)cc1. The van der Waals surface area contributed by atoms with Gasteiger partial charge in [0.25, 0.3) is 0 Å². The highest BCUT2D eigenvalue weighted by Crippen LogP contribution is 2.35. The van der Waals surface area contributed by atoms with Crippen LogP contribution in [0.25, 0.3) is 0 Å². The molecular weight excluding hydrogens is 364 g/mol. The second-order valence-corrected chi connectivity index (χ2v) is 8.91. The van der Waals surface area contributed by atoms with Crippen LogP contribution in [0.3, 0.4) is 0 Å². The Balaban J connectivity index is 1.90. The molecule has 0 saturated carbocycles. The van der Waals surface area contributed by atoms with Gasteiger partial charge in [-0.2, -0.15) is 0 Å². The number of benzene rings is 2. The molecule has 2 aromatic rings. The van der Waals surface area contributed by atoms with Gasteiger partial charge in [-0.05, 0) is 55.3 Å². The highest BCUT2D eigenvalue weighted by atomic mass is 32.2. The van der Waals surface area contributed by atoms with E-state index in [1.165, 1.54) is 18.4 Å². The molecule has 1 heterocycles. The Morgan fingerprint density at radius 1 is 1.11 bits per heavy atom. The van der Waals surface area contributed by atoms with Crippen LogP contribution in [-0.2, 0) is 16.4 Å². The van der Waals surface area contributed by atoms with Crippen LogP contribution in [0, 0.1) is 0 Å². The summed E-state index contributed by atoms with van der Waals surface area (Å²) in [5.74, 6) is 0. The molecule has 8 heteroatoms. The molecule has 3 rings (SSSR count). The molecule has 0 spiro atoms. The number of anilines is 3. The van der Waals surface area contributed by atoms with Crippen LogP contribution in [0.4, 0.5) is 21.9 Å². The third kappa shape index (κ3) is 3.63. The van der Waals surface area contributed by atoms with E-state index in [9.17, 15) is 13.2 Å². The van der Waals surface area contributed by atoms with Crippen LogP contribution in [0.15, 0.2) is 47.4 Å². The van der Waals surface area contributed by atoms with E-state index in [4.69, 9.17) is 0 Å². The minimum Gasteiger partial charge on any atom is -0.388 e. The number of carbonyl (C=O) groups excluding carboxylic acids is 1. The Kier molecular flexibility index (Phi) is 5.12. The molecule has 1 aliphatic rings. The van der Waals surface area contributed by atoms with Gasteiger partial charge in [0.15, 0.2) is 0 Å². The highest BCUT2D eigenvalue weighted by Gasteiger charge is 2.32. The molecule has 0 bridgehead atoms. The molecule has 2 N–H and O–H groups in total. The zero-order valence-corrected chi connectivity index (χ0v) is 16.7. The van der Waals surface area contributed by atoms with Crippen LogP contribution in [0.2, 0.25) is 0 Å². The molecule has 0 aromatic heterocycles. The van der Waals surface area contributed by atoms with Gasteiger partial charge < -0.3 is 10.6 Å². The maximum Gasteiger partial charge on any atom is 0.326 e. The van der Waals surface area contributed by atoms with Crippen molar-refractivity contribution in [2.24, 2.45) is 0 Å². The first-order chi connectivity index (χ1) is 12.7. The first-order valence-corrected chi connectivity index (χ1v) is 10.1. The van der Waals surface area contributed by atoms with Crippen molar-refractivity contribution in [2.75, 3.05) is 36.7 Å². The molecule has 2 aromatic carbocycles.